The highest BCUT2D eigenvalue weighted by Gasteiger charge is 2.22. The number of hydrogen-bond acceptors (Lipinski definition) is 8. The second kappa shape index (κ2) is 11.3. The summed E-state index contributed by atoms with van der Waals surface area (Å²) in [5.74, 6) is 1.63. The quantitative estimate of drug-likeness (QED) is 0.285. The summed E-state index contributed by atoms with van der Waals surface area (Å²) in [6.07, 6.45) is 2.30. The summed E-state index contributed by atoms with van der Waals surface area (Å²) in [4.78, 5) is 22.7. The van der Waals surface area contributed by atoms with Crippen molar-refractivity contribution in [3.8, 4) is 5.75 Å². The molecule has 0 atom stereocenters. The van der Waals surface area contributed by atoms with E-state index in [9.17, 15) is 13.2 Å². The zero-order chi connectivity index (χ0) is 24.0. The lowest BCUT2D eigenvalue weighted by Crippen LogP contribution is -2.36. The number of aromatic nitrogens is 1. The normalized spacial score (nSPS) is 11.8. The number of hydrogen-bond donors (Lipinski definition) is 0. The molecule has 1 amide bonds. The molecule has 33 heavy (non-hydrogen) atoms. The number of methoxy groups -OCH3 is 1. The molecule has 0 fully saturated rings. The fourth-order valence-corrected chi connectivity index (χ4v) is 5.96. The lowest BCUT2D eigenvalue weighted by atomic mass is 10.3. The van der Waals surface area contributed by atoms with Gasteiger partial charge in [-0.25, -0.2) is 13.4 Å². The average Bonchev–Trinajstić information content (AvgIpc) is 3.20. The van der Waals surface area contributed by atoms with Crippen LogP contribution in [0.3, 0.4) is 0 Å². The zero-order valence-electron chi connectivity index (χ0n) is 19.3. The first-order valence-electron chi connectivity index (χ1n) is 10.5. The number of thioether (sulfide) groups is 1. The van der Waals surface area contributed by atoms with Crippen molar-refractivity contribution in [3.63, 3.8) is 0 Å². The third-order valence-corrected chi connectivity index (χ3v) is 8.21. The summed E-state index contributed by atoms with van der Waals surface area (Å²) in [5, 5.41) is 0.538. The number of ether oxygens (including phenoxy) is 1. The smallest absolute Gasteiger partial charge is 0.228 e. The van der Waals surface area contributed by atoms with Gasteiger partial charge in [-0.05, 0) is 62.7 Å². The number of rotatable bonds is 11. The van der Waals surface area contributed by atoms with Gasteiger partial charge in [-0.1, -0.05) is 17.4 Å². The van der Waals surface area contributed by atoms with Crippen LogP contribution in [0.25, 0.3) is 10.2 Å². The number of benzene rings is 2. The SMILES string of the molecule is COc1ccc(SCCCC(=O)N(CCN(C)C)c2nc3c(S(C)(=O)=O)cccc3s2)cc1. The van der Waals surface area contributed by atoms with E-state index in [0.717, 1.165) is 27.5 Å². The van der Waals surface area contributed by atoms with E-state index in [4.69, 9.17) is 4.74 Å². The molecule has 10 heteroatoms. The lowest BCUT2D eigenvalue weighted by molar-refractivity contribution is -0.118. The summed E-state index contributed by atoms with van der Waals surface area (Å²) in [7, 11) is 2.13. The minimum absolute atomic E-state index is 0.00728. The van der Waals surface area contributed by atoms with Crippen LogP contribution in [0.4, 0.5) is 5.13 Å². The number of fused-ring (bicyclic) bond motifs is 1. The van der Waals surface area contributed by atoms with Crippen molar-refractivity contribution in [1.29, 1.82) is 0 Å². The molecule has 1 heterocycles. The summed E-state index contributed by atoms with van der Waals surface area (Å²) >= 11 is 3.05. The van der Waals surface area contributed by atoms with Gasteiger partial charge < -0.3 is 9.64 Å². The van der Waals surface area contributed by atoms with Crippen molar-refractivity contribution >= 4 is 54.2 Å². The van der Waals surface area contributed by atoms with Crippen LogP contribution in [0.5, 0.6) is 5.75 Å². The van der Waals surface area contributed by atoms with Crippen molar-refractivity contribution in [2.45, 2.75) is 22.6 Å². The molecular formula is C23H29N3O4S3. The Labute approximate surface area is 203 Å². The van der Waals surface area contributed by atoms with Crippen molar-refractivity contribution < 1.29 is 17.9 Å². The Morgan fingerprint density at radius 1 is 1.12 bits per heavy atom. The minimum Gasteiger partial charge on any atom is -0.497 e. The predicted octanol–water partition coefficient (Wildman–Crippen LogP) is 4.18. The topological polar surface area (TPSA) is 79.8 Å². The molecule has 178 valence electrons. The van der Waals surface area contributed by atoms with Gasteiger partial charge in [0.2, 0.25) is 5.91 Å². The molecule has 0 aliphatic rings. The summed E-state index contributed by atoms with van der Waals surface area (Å²) < 4.78 is 30.3. The van der Waals surface area contributed by atoms with Gasteiger partial charge in [-0.15, -0.1) is 11.8 Å². The Hall–Kier alpha value is -2.14. The maximum atomic E-state index is 13.1. The van der Waals surface area contributed by atoms with Gasteiger partial charge in [-0.3, -0.25) is 9.69 Å². The van der Waals surface area contributed by atoms with E-state index in [-0.39, 0.29) is 10.8 Å². The molecule has 7 nitrogen and oxygen atoms in total. The van der Waals surface area contributed by atoms with Crippen LogP contribution in [0, 0.1) is 0 Å². The molecule has 3 aromatic rings. The van der Waals surface area contributed by atoms with E-state index in [2.05, 4.69) is 4.98 Å². The van der Waals surface area contributed by atoms with E-state index in [0.29, 0.717) is 30.2 Å². The summed E-state index contributed by atoms with van der Waals surface area (Å²) in [6, 6.07) is 13.0. The molecule has 1 aromatic heterocycles. The number of carbonyl (C=O) groups excluding carboxylic acids is 1. The van der Waals surface area contributed by atoms with Crippen LogP contribution in [0.1, 0.15) is 12.8 Å². The average molecular weight is 508 g/mol. The van der Waals surface area contributed by atoms with Crippen LogP contribution in [-0.4, -0.2) is 70.5 Å². The number of para-hydroxylation sites is 1. The molecule has 0 spiro atoms. The number of thiazole rings is 1. The number of likely N-dealkylation sites (N-methyl/N-ethyl adjacent to an activating group) is 1. The zero-order valence-corrected chi connectivity index (χ0v) is 21.7. The Bertz CT molecular complexity index is 1190. The first-order valence-corrected chi connectivity index (χ1v) is 14.2. The first-order chi connectivity index (χ1) is 15.7. The third kappa shape index (κ3) is 6.92. The Kier molecular flexibility index (Phi) is 8.75. The largest absolute Gasteiger partial charge is 0.497 e. The predicted molar refractivity (Wildman–Crippen MR) is 137 cm³/mol. The van der Waals surface area contributed by atoms with E-state index in [1.54, 1.807) is 35.9 Å². The monoisotopic (exact) mass is 507 g/mol. The maximum Gasteiger partial charge on any atom is 0.228 e. The van der Waals surface area contributed by atoms with Gasteiger partial charge in [0.1, 0.15) is 11.3 Å². The number of anilines is 1. The van der Waals surface area contributed by atoms with Crippen LogP contribution >= 0.6 is 23.1 Å². The van der Waals surface area contributed by atoms with Crippen molar-refractivity contribution in [2.75, 3.05) is 51.2 Å². The fourth-order valence-electron chi connectivity index (χ4n) is 3.17. The highest BCUT2D eigenvalue weighted by atomic mass is 32.2. The van der Waals surface area contributed by atoms with Gasteiger partial charge in [-0.2, -0.15) is 0 Å². The second-order valence-electron chi connectivity index (χ2n) is 7.85. The Balaban J connectivity index is 1.71. The number of amides is 1. The number of carbonyl (C=O) groups is 1. The summed E-state index contributed by atoms with van der Waals surface area (Å²) in [5.41, 5.74) is 0.428. The molecule has 0 aliphatic carbocycles. The van der Waals surface area contributed by atoms with Gasteiger partial charge in [0.05, 0.1) is 16.7 Å². The van der Waals surface area contributed by atoms with E-state index < -0.39 is 9.84 Å². The highest BCUT2D eigenvalue weighted by molar-refractivity contribution is 7.99. The van der Waals surface area contributed by atoms with Crippen LogP contribution in [0.2, 0.25) is 0 Å². The molecule has 0 saturated heterocycles. The molecule has 0 unspecified atom stereocenters. The van der Waals surface area contributed by atoms with Crippen LogP contribution in [-0.2, 0) is 14.6 Å². The molecule has 0 radical (unpaired) electrons. The summed E-state index contributed by atoms with van der Waals surface area (Å²) in [6.45, 7) is 1.17. The van der Waals surface area contributed by atoms with Gasteiger partial charge in [0.15, 0.2) is 15.0 Å². The van der Waals surface area contributed by atoms with Crippen molar-refractivity contribution in [2.24, 2.45) is 0 Å². The van der Waals surface area contributed by atoms with Crippen molar-refractivity contribution in [1.82, 2.24) is 9.88 Å². The van der Waals surface area contributed by atoms with E-state index >= 15 is 0 Å². The standard InChI is InChI=1S/C23H29N3O4S3/c1-25(2)14-15-26(21(27)9-6-16-31-18-12-10-17(30-3)11-13-18)23-24-22-19(32-23)7-5-8-20(22)33(4,28)29/h5,7-8,10-13H,6,9,14-16H2,1-4H3. The maximum absolute atomic E-state index is 13.1. The molecule has 0 N–H and O–H groups in total. The molecule has 3 rings (SSSR count). The molecule has 2 aromatic carbocycles. The van der Waals surface area contributed by atoms with E-state index in [1.807, 2.05) is 49.3 Å². The molecular weight excluding hydrogens is 478 g/mol. The van der Waals surface area contributed by atoms with Gasteiger partial charge >= 0.3 is 0 Å². The second-order valence-corrected chi connectivity index (χ2v) is 12.0. The van der Waals surface area contributed by atoms with Gasteiger partial charge in [0, 0.05) is 30.7 Å². The van der Waals surface area contributed by atoms with Crippen molar-refractivity contribution in [3.05, 3.63) is 42.5 Å². The van der Waals surface area contributed by atoms with Crippen LogP contribution in [0.15, 0.2) is 52.3 Å². The first kappa shape index (κ1) is 25.5. The van der Waals surface area contributed by atoms with E-state index in [1.165, 1.54) is 17.6 Å². The molecule has 0 saturated carbocycles. The highest BCUT2D eigenvalue weighted by Crippen LogP contribution is 2.33. The van der Waals surface area contributed by atoms with Crippen LogP contribution < -0.4 is 9.64 Å². The number of sulfone groups is 1. The third-order valence-electron chi connectivity index (χ3n) is 4.94. The molecule has 0 bridgehead atoms. The Morgan fingerprint density at radius 3 is 2.48 bits per heavy atom. The molecule has 0 aliphatic heterocycles. The minimum atomic E-state index is -3.41. The lowest BCUT2D eigenvalue weighted by Gasteiger charge is -2.22. The Morgan fingerprint density at radius 2 is 1.85 bits per heavy atom. The number of nitrogens with zero attached hydrogens (tertiary/aromatic N) is 3. The van der Waals surface area contributed by atoms with Gasteiger partial charge in [0.25, 0.3) is 0 Å². The fraction of sp³-hybridized carbons (Fsp3) is 0.391.